The van der Waals surface area contributed by atoms with Crippen molar-refractivity contribution < 1.29 is 0 Å². The molecule has 0 fully saturated rings. The molecular weight excluding hydrogens is 677 g/mol. The molecule has 0 aliphatic carbocycles. The summed E-state index contributed by atoms with van der Waals surface area (Å²) < 4.78 is 0. The number of para-hydroxylation sites is 3. The van der Waals surface area contributed by atoms with Gasteiger partial charge in [0.25, 0.3) is 0 Å². The van der Waals surface area contributed by atoms with Gasteiger partial charge in [-0.05, 0) is 128 Å². The lowest BCUT2D eigenvalue weighted by atomic mass is 9.97. The van der Waals surface area contributed by atoms with Crippen LogP contribution in [0.3, 0.4) is 0 Å². The van der Waals surface area contributed by atoms with Crippen molar-refractivity contribution in [3.05, 3.63) is 230 Å². The molecule has 0 amide bonds. The first-order chi connectivity index (χ1) is 27.7. The minimum Gasteiger partial charge on any atom is -0.310 e. The molecule has 0 heterocycles. The van der Waals surface area contributed by atoms with Crippen LogP contribution in [-0.2, 0) is 0 Å². The molecule has 0 aromatic heterocycles. The van der Waals surface area contributed by atoms with E-state index in [4.69, 9.17) is 0 Å². The van der Waals surface area contributed by atoms with Gasteiger partial charge in [0.15, 0.2) is 0 Å². The van der Waals surface area contributed by atoms with Crippen LogP contribution in [0.25, 0.3) is 55.2 Å². The van der Waals surface area contributed by atoms with E-state index in [1.165, 1.54) is 54.2 Å². The number of hydrogen-bond acceptors (Lipinski definition) is 2. The Hall–Kier alpha value is -7.42. The first-order valence-corrected chi connectivity index (χ1v) is 19.2. The highest BCUT2D eigenvalue weighted by Crippen LogP contribution is 2.43. The molecule has 10 aromatic carbocycles. The smallest absolute Gasteiger partial charge is 0.0546 e. The summed E-state index contributed by atoms with van der Waals surface area (Å²) >= 11 is 0. The molecule has 0 saturated carbocycles. The van der Waals surface area contributed by atoms with E-state index in [9.17, 15) is 0 Å². The highest BCUT2D eigenvalue weighted by molar-refractivity contribution is 6.15. The van der Waals surface area contributed by atoms with Gasteiger partial charge in [0, 0.05) is 33.8 Å². The molecule has 0 N–H and O–H groups in total. The SMILES string of the molecule is C(=C\c1ccc2cc(N(c3ccccc3)c3ccc4ccccc4c3)c3ccccc3c2c1)/c1ccc2cc(N(c3ccccc3)c3ccccc3)ccc2c1. The predicted octanol–water partition coefficient (Wildman–Crippen LogP) is 15.4. The number of rotatable bonds is 8. The number of nitrogens with zero attached hydrogens (tertiary/aromatic N) is 2. The summed E-state index contributed by atoms with van der Waals surface area (Å²) in [7, 11) is 0. The third kappa shape index (κ3) is 6.34. The third-order valence-electron chi connectivity index (χ3n) is 10.7. The van der Waals surface area contributed by atoms with Gasteiger partial charge in [-0.3, -0.25) is 0 Å². The molecule has 0 unspecified atom stereocenters. The second-order valence-corrected chi connectivity index (χ2v) is 14.3. The maximum absolute atomic E-state index is 2.39. The molecular formula is C54H38N2. The Morgan fingerprint density at radius 2 is 0.696 bits per heavy atom. The van der Waals surface area contributed by atoms with Gasteiger partial charge in [0.1, 0.15) is 0 Å². The standard InChI is InChI=1S/C54H38N2/c1-4-16-46(17-5-1)55(47-18-6-2-7-19-47)49-33-31-43-34-39(26-28-44(43)37-49)24-25-40-27-29-45-38-54(52-23-13-12-22-51(52)53(45)35-40)56(48-20-8-3-9-21-48)50-32-30-41-14-10-11-15-42(41)36-50/h1-38H/b25-24+. The van der Waals surface area contributed by atoms with E-state index in [0.29, 0.717) is 0 Å². The summed E-state index contributed by atoms with van der Waals surface area (Å²) in [6.45, 7) is 0. The van der Waals surface area contributed by atoms with Crippen molar-refractivity contribution in [3.63, 3.8) is 0 Å². The van der Waals surface area contributed by atoms with Crippen LogP contribution in [0.4, 0.5) is 34.1 Å². The monoisotopic (exact) mass is 714 g/mol. The summed E-state index contributed by atoms with van der Waals surface area (Å²) in [6.07, 6.45) is 4.46. The number of benzene rings is 10. The fraction of sp³-hybridized carbons (Fsp3) is 0. The summed E-state index contributed by atoms with van der Waals surface area (Å²) in [5, 5.41) is 9.77. The normalized spacial score (nSPS) is 11.5. The van der Waals surface area contributed by atoms with E-state index < -0.39 is 0 Å². The van der Waals surface area contributed by atoms with E-state index in [-0.39, 0.29) is 0 Å². The first-order valence-electron chi connectivity index (χ1n) is 19.2. The van der Waals surface area contributed by atoms with Gasteiger partial charge in [-0.15, -0.1) is 0 Å². The topological polar surface area (TPSA) is 6.48 Å². The lowest BCUT2D eigenvalue weighted by molar-refractivity contribution is 1.29. The van der Waals surface area contributed by atoms with Crippen LogP contribution in [0.1, 0.15) is 11.1 Å². The van der Waals surface area contributed by atoms with Crippen LogP contribution in [0.2, 0.25) is 0 Å². The Balaban J connectivity index is 0.999. The van der Waals surface area contributed by atoms with E-state index >= 15 is 0 Å². The van der Waals surface area contributed by atoms with Crippen LogP contribution in [-0.4, -0.2) is 0 Å². The van der Waals surface area contributed by atoms with Gasteiger partial charge >= 0.3 is 0 Å². The molecule has 0 radical (unpaired) electrons. The lowest BCUT2D eigenvalue weighted by Crippen LogP contribution is -2.10. The quantitative estimate of drug-likeness (QED) is 0.114. The molecule has 0 aliphatic heterocycles. The molecule has 264 valence electrons. The van der Waals surface area contributed by atoms with Crippen molar-refractivity contribution in [3.8, 4) is 0 Å². The fourth-order valence-electron chi connectivity index (χ4n) is 8.00. The second-order valence-electron chi connectivity index (χ2n) is 14.3. The molecule has 0 aliphatic rings. The van der Waals surface area contributed by atoms with Crippen LogP contribution in [0, 0.1) is 0 Å². The molecule has 0 spiro atoms. The second kappa shape index (κ2) is 14.4. The van der Waals surface area contributed by atoms with Gasteiger partial charge in [0.05, 0.1) is 5.69 Å². The Bertz CT molecular complexity index is 2980. The fourth-order valence-corrected chi connectivity index (χ4v) is 8.00. The van der Waals surface area contributed by atoms with E-state index in [1.54, 1.807) is 0 Å². The van der Waals surface area contributed by atoms with E-state index in [1.807, 2.05) is 0 Å². The number of fused-ring (bicyclic) bond motifs is 5. The zero-order valence-corrected chi connectivity index (χ0v) is 30.8. The van der Waals surface area contributed by atoms with Crippen molar-refractivity contribution in [2.24, 2.45) is 0 Å². The Morgan fingerprint density at radius 3 is 1.36 bits per heavy atom. The highest BCUT2D eigenvalue weighted by Gasteiger charge is 2.18. The van der Waals surface area contributed by atoms with Gasteiger partial charge in [-0.1, -0.05) is 152 Å². The van der Waals surface area contributed by atoms with Crippen molar-refractivity contribution in [2.45, 2.75) is 0 Å². The summed E-state index contributed by atoms with van der Waals surface area (Å²) in [5.74, 6) is 0. The zero-order valence-electron chi connectivity index (χ0n) is 30.8. The van der Waals surface area contributed by atoms with Crippen LogP contribution in [0.15, 0.2) is 218 Å². The summed E-state index contributed by atoms with van der Waals surface area (Å²) in [5.41, 5.74) is 9.16. The van der Waals surface area contributed by atoms with Gasteiger partial charge in [0.2, 0.25) is 0 Å². The maximum atomic E-state index is 2.39. The third-order valence-corrected chi connectivity index (χ3v) is 10.7. The molecule has 2 nitrogen and oxygen atoms in total. The minimum atomic E-state index is 1.13. The first kappa shape index (κ1) is 33.2. The predicted molar refractivity (Wildman–Crippen MR) is 241 cm³/mol. The average Bonchev–Trinajstić information content (AvgIpc) is 3.27. The number of hydrogen-bond donors (Lipinski definition) is 0. The molecule has 10 aromatic rings. The van der Waals surface area contributed by atoms with Crippen LogP contribution >= 0.6 is 0 Å². The Labute approximate surface area is 327 Å². The summed E-state index contributed by atoms with van der Waals surface area (Å²) in [4.78, 5) is 4.70. The number of anilines is 6. The zero-order chi connectivity index (χ0) is 37.3. The Morgan fingerprint density at radius 1 is 0.250 bits per heavy atom. The molecule has 2 heteroatoms. The molecule has 0 bridgehead atoms. The van der Waals surface area contributed by atoms with Crippen LogP contribution in [0.5, 0.6) is 0 Å². The van der Waals surface area contributed by atoms with Crippen molar-refractivity contribution >= 4 is 89.4 Å². The molecule has 10 rings (SSSR count). The lowest BCUT2D eigenvalue weighted by Gasteiger charge is -2.28. The van der Waals surface area contributed by atoms with Crippen LogP contribution < -0.4 is 9.80 Å². The van der Waals surface area contributed by atoms with Crippen molar-refractivity contribution in [2.75, 3.05) is 9.80 Å². The average molecular weight is 715 g/mol. The minimum absolute atomic E-state index is 1.13. The van der Waals surface area contributed by atoms with Gasteiger partial charge in [-0.25, -0.2) is 0 Å². The highest BCUT2D eigenvalue weighted by atomic mass is 15.1. The molecule has 0 saturated heterocycles. The van der Waals surface area contributed by atoms with Gasteiger partial charge < -0.3 is 9.80 Å². The Kier molecular flexibility index (Phi) is 8.55. The van der Waals surface area contributed by atoms with Crippen molar-refractivity contribution in [1.82, 2.24) is 0 Å². The van der Waals surface area contributed by atoms with Crippen molar-refractivity contribution in [1.29, 1.82) is 0 Å². The molecule has 0 atom stereocenters. The van der Waals surface area contributed by atoms with Gasteiger partial charge in [-0.2, -0.15) is 0 Å². The van der Waals surface area contributed by atoms with E-state index in [2.05, 4.69) is 240 Å². The maximum Gasteiger partial charge on any atom is 0.0546 e. The summed E-state index contributed by atoms with van der Waals surface area (Å²) in [6, 6.07) is 78.6. The molecule has 56 heavy (non-hydrogen) atoms. The largest absolute Gasteiger partial charge is 0.310 e. The van der Waals surface area contributed by atoms with E-state index in [0.717, 1.165) is 34.1 Å².